The van der Waals surface area contributed by atoms with Crippen LogP contribution in [0.1, 0.15) is 13.3 Å². The number of anilines is 1. The Hall–Kier alpha value is -0.180. The number of carbonyl (C=O) groups excluding carboxylic acids is 1. The summed E-state index contributed by atoms with van der Waals surface area (Å²) < 4.78 is 0. The number of nitrogens with zero attached hydrogens (tertiary/aromatic N) is 1. The van der Waals surface area contributed by atoms with Gasteiger partial charge in [-0.25, -0.2) is 4.98 Å². The zero-order valence-corrected chi connectivity index (χ0v) is 13.0. The molecule has 1 atom stereocenters. The van der Waals surface area contributed by atoms with Crippen molar-refractivity contribution in [2.75, 3.05) is 11.9 Å². The predicted octanol–water partition coefficient (Wildman–Crippen LogP) is 1.40. The Balaban J connectivity index is -0.000000563. The van der Waals surface area contributed by atoms with Crippen molar-refractivity contribution in [1.29, 1.82) is 0 Å². The first-order valence-corrected chi connectivity index (χ1v) is 4.98. The van der Waals surface area contributed by atoms with Crippen LogP contribution in [0.15, 0.2) is 11.6 Å². The van der Waals surface area contributed by atoms with Gasteiger partial charge in [-0.15, -0.1) is 45.3 Å². The fourth-order valence-electron chi connectivity index (χ4n) is 0.988. The molecule has 0 fully saturated rings. The van der Waals surface area contributed by atoms with Crippen LogP contribution >= 0.6 is 45.3 Å². The molecule has 16 heavy (non-hydrogen) atoms. The molecule has 0 saturated heterocycles. The van der Waals surface area contributed by atoms with E-state index in [9.17, 15) is 4.79 Å². The molecule has 1 aromatic heterocycles. The lowest BCUT2D eigenvalue weighted by Gasteiger charge is -2.08. The number of halogens is 2. The number of hydrogen-bond acceptors (Lipinski definition) is 4. The summed E-state index contributed by atoms with van der Waals surface area (Å²) in [5.74, 6) is -0.00478. The van der Waals surface area contributed by atoms with E-state index in [2.05, 4.69) is 10.3 Å². The van der Waals surface area contributed by atoms with Gasteiger partial charge in [0, 0.05) is 24.5 Å². The van der Waals surface area contributed by atoms with Crippen molar-refractivity contribution in [3.8, 4) is 0 Å². The number of nitrogens with one attached hydrogen (secondary N) is 1. The third-order valence-electron chi connectivity index (χ3n) is 1.58. The van der Waals surface area contributed by atoms with Gasteiger partial charge in [0.2, 0.25) is 5.91 Å². The molecule has 5 nitrogen and oxygen atoms in total. The summed E-state index contributed by atoms with van der Waals surface area (Å²) in [6, 6.07) is 0. The molecule has 0 radical (unpaired) electrons. The van der Waals surface area contributed by atoms with Crippen molar-refractivity contribution in [2.45, 2.75) is 13.3 Å². The van der Waals surface area contributed by atoms with Crippen LogP contribution < -0.4 is 11.1 Å². The highest BCUT2D eigenvalue weighted by atomic mass is 79.9. The molecule has 0 bridgehead atoms. The highest BCUT2D eigenvalue weighted by molar-refractivity contribution is 8.93. The zero-order valence-electron chi connectivity index (χ0n) is 8.80. The van der Waals surface area contributed by atoms with E-state index in [1.165, 1.54) is 0 Å². The summed E-state index contributed by atoms with van der Waals surface area (Å²) in [5, 5.41) is 5.92. The Kier molecular flexibility index (Phi) is 14.9. The van der Waals surface area contributed by atoms with Gasteiger partial charge in [-0.1, -0.05) is 6.92 Å². The SMILES string of the molecule is Br.Br.CC(CNc1nccs1)CC(N)=O.O. The van der Waals surface area contributed by atoms with Crippen LogP contribution in [0.4, 0.5) is 5.13 Å². The molecule has 0 aliphatic carbocycles. The number of nitrogens with two attached hydrogens (primary N) is 1. The minimum Gasteiger partial charge on any atom is -0.412 e. The number of amides is 1. The number of rotatable bonds is 5. The third kappa shape index (κ3) is 9.08. The van der Waals surface area contributed by atoms with Crippen molar-refractivity contribution in [2.24, 2.45) is 11.7 Å². The molecule has 1 unspecified atom stereocenters. The Bertz CT molecular complexity index is 272. The minimum atomic E-state index is -0.256. The minimum absolute atomic E-state index is 0. The molecular formula is C8H17Br2N3O2S. The number of thiazole rings is 1. The van der Waals surface area contributed by atoms with Gasteiger partial charge in [0.25, 0.3) is 0 Å². The summed E-state index contributed by atoms with van der Waals surface area (Å²) >= 11 is 1.55. The molecule has 1 amide bonds. The summed E-state index contributed by atoms with van der Waals surface area (Å²) in [6.45, 7) is 2.71. The lowest BCUT2D eigenvalue weighted by atomic mass is 10.1. The summed E-state index contributed by atoms with van der Waals surface area (Å²) in [4.78, 5) is 14.6. The van der Waals surface area contributed by atoms with Gasteiger partial charge < -0.3 is 16.5 Å². The second kappa shape index (κ2) is 11.3. The van der Waals surface area contributed by atoms with E-state index >= 15 is 0 Å². The van der Waals surface area contributed by atoms with Crippen molar-refractivity contribution < 1.29 is 10.3 Å². The first-order valence-electron chi connectivity index (χ1n) is 4.10. The van der Waals surface area contributed by atoms with Crippen LogP contribution in [0.25, 0.3) is 0 Å². The topological polar surface area (TPSA) is 99.5 Å². The Labute approximate surface area is 120 Å². The molecular weight excluding hydrogens is 362 g/mol. The molecule has 1 heterocycles. The predicted molar refractivity (Wildman–Crippen MR) is 77.8 cm³/mol. The summed E-state index contributed by atoms with van der Waals surface area (Å²) in [5.41, 5.74) is 5.06. The monoisotopic (exact) mass is 377 g/mol. The lowest BCUT2D eigenvalue weighted by molar-refractivity contribution is -0.118. The van der Waals surface area contributed by atoms with Crippen molar-refractivity contribution in [3.05, 3.63) is 11.6 Å². The van der Waals surface area contributed by atoms with E-state index in [1.54, 1.807) is 17.5 Å². The Morgan fingerprint density at radius 3 is 2.69 bits per heavy atom. The number of carbonyl (C=O) groups is 1. The standard InChI is InChI=1S/C8H13N3OS.2BrH.H2O/c1-6(4-7(9)12)5-11-8-10-2-3-13-8;;;/h2-3,6H,4-5H2,1H3,(H2,9,12)(H,10,11);2*1H;1H2. The molecule has 96 valence electrons. The molecule has 0 aromatic carbocycles. The molecule has 1 rings (SSSR count). The zero-order chi connectivity index (χ0) is 9.68. The molecule has 8 heteroatoms. The largest absolute Gasteiger partial charge is 0.412 e. The van der Waals surface area contributed by atoms with Crippen LogP contribution in [0, 0.1) is 5.92 Å². The van der Waals surface area contributed by atoms with Gasteiger partial charge in [0.05, 0.1) is 0 Å². The van der Waals surface area contributed by atoms with Gasteiger partial charge in [0.15, 0.2) is 5.13 Å². The normalized spacial score (nSPS) is 10.1. The second-order valence-corrected chi connectivity index (χ2v) is 3.89. The van der Waals surface area contributed by atoms with E-state index in [4.69, 9.17) is 5.73 Å². The van der Waals surface area contributed by atoms with Gasteiger partial charge in [-0.3, -0.25) is 4.79 Å². The maximum absolute atomic E-state index is 10.6. The average molecular weight is 379 g/mol. The van der Waals surface area contributed by atoms with Crippen LogP contribution in [-0.4, -0.2) is 22.9 Å². The van der Waals surface area contributed by atoms with Crippen LogP contribution in [0.5, 0.6) is 0 Å². The fourth-order valence-corrected chi connectivity index (χ4v) is 1.53. The second-order valence-electron chi connectivity index (χ2n) is 2.99. The van der Waals surface area contributed by atoms with Crippen LogP contribution in [-0.2, 0) is 4.79 Å². The maximum Gasteiger partial charge on any atom is 0.217 e. The van der Waals surface area contributed by atoms with E-state index in [-0.39, 0.29) is 51.3 Å². The highest BCUT2D eigenvalue weighted by Crippen LogP contribution is 2.11. The van der Waals surface area contributed by atoms with Gasteiger partial charge in [-0.05, 0) is 5.92 Å². The first kappa shape index (κ1) is 21.1. The van der Waals surface area contributed by atoms with Crippen LogP contribution in [0.3, 0.4) is 0 Å². The molecule has 0 spiro atoms. The Morgan fingerprint density at radius 1 is 1.62 bits per heavy atom. The van der Waals surface area contributed by atoms with Crippen molar-refractivity contribution in [3.63, 3.8) is 0 Å². The van der Waals surface area contributed by atoms with Crippen molar-refractivity contribution in [1.82, 2.24) is 4.98 Å². The smallest absolute Gasteiger partial charge is 0.217 e. The summed E-state index contributed by atoms with van der Waals surface area (Å²) in [6.07, 6.45) is 2.16. The van der Waals surface area contributed by atoms with E-state index < -0.39 is 0 Å². The molecule has 5 N–H and O–H groups in total. The number of hydrogen-bond donors (Lipinski definition) is 2. The maximum atomic E-state index is 10.6. The van der Waals surface area contributed by atoms with E-state index in [1.807, 2.05) is 12.3 Å². The average Bonchev–Trinajstić information content (AvgIpc) is 2.51. The third-order valence-corrected chi connectivity index (χ3v) is 2.31. The van der Waals surface area contributed by atoms with E-state index in [0.29, 0.717) is 6.42 Å². The van der Waals surface area contributed by atoms with Gasteiger partial charge >= 0.3 is 0 Å². The quantitative estimate of drug-likeness (QED) is 0.809. The molecule has 0 aliphatic heterocycles. The molecule has 0 saturated carbocycles. The van der Waals surface area contributed by atoms with E-state index in [0.717, 1.165) is 11.7 Å². The van der Waals surface area contributed by atoms with Crippen LogP contribution in [0.2, 0.25) is 0 Å². The first-order chi connectivity index (χ1) is 6.18. The van der Waals surface area contributed by atoms with Gasteiger partial charge in [0.1, 0.15) is 0 Å². The number of aromatic nitrogens is 1. The lowest BCUT2D eigenvalue weighted by Crippen LogP contribution is -2.19. The summed E-state index contributed by atoms with van der Waals surface area (Å²) in [7, 11) is 0. The van der Waals surface area contributed by atoms with Gasteiger partial charge in [-0.2, -0.15) is 0 Å². The fraction of sp³-hybridized carbons (Fsp3) is 0.500. The number of primary amides is 1. The Morgan fingerprint density at radius 2 is 2.25 bits per heavy atom. The van der Waals surface area contributed by atoms with Crippen molar-refractivity contribution >= 4 is 56.3 Å². The highest BCUT2D eigenvalue weighted by Gasteiger charge is 2.05. The molecule has 1 aromatic rings. The molecule has 0 aliphatic rings.